The van der Waals surface area contributed by atoms with Gasteiger partial charge in [-0.1, -0.05) is 13.2 Å². The van der Waals surface area contributed by atoms with Gasteiger partial charge in [0.05, 0.1) is 0 Å². The van der Waals surface area contributed by atoms with E-state index in [1.54, 1.807) is 0 Å². The predicted molar refractivity (Wildman–Crippen MR) is 56.3 cm³/mol. The van der Waals surface area contributed by atoms with Crippen molar-refractivity contribution in [2.75, 3.05) is 0 Å². The lowest BCUT2D eigenvalue weighted by Gasteiger charge is -2.27. The third kappa shape index (κ3) is 1.57. The molecule has 1 atom stereocenters. The highest BCUT2D eigenvalue weighted by Gasteiger charge is 2.44. The van der Waals surface area contributed by atoms with Crippen LogP contribution in [0.2, 0.25) is 0 Å². The molecule has 1 unspecified atom stereocenters. The first-order valence-electron chi connectivity index (χ1n) is 5.03. The monoisotopic (exact) mass is 234 g/mol. The van der Waals surface area contributed by atoms with Crippen LogP contribution in [0.15, 0.2) is 24.3 Å². The largest absolute Gasteiger partial charge is 0.295 e. The lowest BCUT2D eigenvalue weighted by Crippen LogP contribution is -2.54. The second kappa shape index (κ2) is 3.65. The van der Waals surface area contributed by atoms with E-state index in [2.05, 4.69) is 18.5 Å². The minimum atomic E-state index is -0.941. The summed E-state index contributed by atoms with van der Waals surface area (Å²) in [6, 6.07) is -0.941. The standard InChI is InChI=1S/C11H10N2O4/c1-5-6(2)11(17)13(10(5)16)7-3-4-8(14)12-9(7)15/h7H,1-4H2,(H,12,14,15). The molecule has 2 aliphatic heterocycles. The summed E-state index contributed by atoms with van der Waals surface area (Å²) >= 11 is 0. The second-order valence-electron chi connectivity index (χ2n) is 3.90. The molecule has 2 heterocycles. The van der Waals surface area contributed by atoms with Crippen molar-refractivity contribution >= 4 is 23.6 Å². The molecule has 2 saturated heterocycles. The smallest absolute Gasteiger partial charge is 0.261 e. The minimum absolute atomic E-state index is 0.000278. The normalized spacial score (nSPS) is 25.6. The van der Waals surface area contributed by atoms with Gasteiger partial charge in [0.2, 0.25) is 11.8 Å². The molecule has 0 radical (unpaired) electrons. The van der Waals surface area contributed by atoms with E-state index < -0.39 is 29.7 Å². The number of nitrogens with one attached hydrogen (secondary N) is 1. The van der Waals surface area contributed by atoms with Crippen LogP contribution in [-0.2, 0) is 19.2 Å². The van der Waals surface area contributed by atoms with Crippen molar-refractivity contribution < 1.29 is 19.2 Å². The number of hydrogen-bond acceptors (Lipinski definition) is 4. The van der Waals surface area contributed by atoms with Crippen LogP contribution >= 0.6 is 0 Å². The molecule has 0 aromatic heterocycles. The maximum atomic E-state index is 11.7. The van der Waals surface area contributed by atoms with Crippen molar-refractivity contribution in [3.63, 3.8) is 0 Å². The summed E-state index contributed by atoms with van der Waals surface area (Å²) in [5, 5.41) is 2.09. The fourth-order valence-electron chi connectivity index (χ4n) is 1.85. The van der Waals surface area contributed by atoms with Gasteiger partial charge in [-0.25, -0.2) is 0 Å². The molecule has 2 aliphatic rings. The molecular formula is C11H10N2O4. The summed E-state index contributed by atoms with van der Waals surface area (Å²) in [6.45, 7) is 6.88. The van der Waals surface area contributed by atoms with Crippen LogP contribution in [0.25, 0.3) is 0 Å². The maximum absolute atomic E-state index is 11.7. The molecule has 6 heteroatoms. The number of piperidine rings is 1. The summed E-state index contributed by atoms with van der Waals surface area (Å²) < 4.78 is 0. The van der Waals surface area contributed by atoms with Crippen LogP contribution < -0.4 is 5.32 Å². The molecule has 0 aromatic rings. The molecule has 88 valence electrons. The highest BCUT2D eigenvalue weighted by Crippen LogP contribution is 2.26. The van der Waals surface area contributed by atoms with Gasteiger partial charge in [-0.2, -0.15) is 0 Å². The molecule has 1 N–H and O–H groups in total. The number of hydrogen-bond donors (Lipinski definition) is 1. The summed E-state index contributed by atoms with van der Waals surface area (Å²) in [5.41, 5.74) is -0.000556. The van der Waals surface area contributed by atoms with Crippen LogP contribution in [0.3, 0.4) is 0 Å². The predicted octanol–water partition coefficient (Wildman–Crippen LogP) is -0.727. The van der Waals surface area contributed by atoms with Gasteiger partial charge in [-0.3, -0.25) is 29.4 Å². The van der Waals surface area contributed by atoms with Crippen molar-refractivity contribution in [2.24, 2.45) is 0 Å². The van der Waals surface area contributed by atoms with E-state index in [1.165, 1.54) is 0 Å². The quantitative estimate of drug-likeness (QED) is 0.479. The second-order valence-corrected chi connectivity index (χ2v) is 3.90. The average molecular weight is 234 g/mol. The van der Waals surface area contributed by atoms with Crippen molar-refractivity contribution in [3.05, 3.63) is 24.3 Å². The molecule has 6 nitrogen and oxygen atoms in total. The van der Waals surface area contributed by atoms with Gasteiger partial charge in [0.25, 0.3) is 11.8 Å². The van der Waals surface area contributed by atoms with E-state index in [-0.39, 0.29) is 24.0 Å². The lowest BCUT2D eigenvalue weighted by molar-refractivity contribution is -0.149. The Morgan fingerprint density at radius 2 is 1.59 bits per heavy atom. The third-order valence-corrected chi connectivity index (χ3v) is 2.84. The van der Waals surface area contributed by atoms with Crippen molar-refractivity contribution in [1.82, 2.24) is 10.2 Å². The Morgan fingerprint density at radius 1 is 1.06 bits per heavy atom. The van der Waals surface area contributed by atoms with Crippen LogP contribution in [0.5, 0.6) is 0 Å². The maximum Gasteiger partial charge on any atom is 0.261 e. The fraction of sp³-hybridized carbons (Fsp3) is 0.273. The Hall–Kier alpha value is -2.24. The van der Waals surface area contributed by atoms with E-state index in [4.69, 9.17) is 0 Å². The van der Waals surface area contributed by atoms with E-state index in [0.717, 1.165) is 4.90 Å². The van der Waals surface area contributed by atoms with E-state index in [9.17, 15) is 19.2 Å². The third-order valence-electron chi connectivity index (χ3n) is 2.84. The summed E-state index contributed by atoms with van der Waals surface area (Å²) in [4.78, 5) is 46.8. The van der Waals surface area contributed by atoms with Crippen LogP contribution in [-0.4, -0.2) is 34.6 Å². The number of likely N-dealkylation sites (tertiary alicyclic amines) is 1. The van der Waals surface area contributed by atoms with Crippen molar-refractivity contribution in [3.8, 4) is 0 Å². The number of imide groups is 2. The number of amides is 4. The first-order chi connectivity index (χ1) is 7.93. The molecule has 0 bridgehead atoms. The minimum Gasteiger partial charge on any atom is -0.295 e. The Labute approximate surface area is 97.0 Å². The number of nitrogens with zero attached hydrogens (tertiary/aromatic N) is 1. The summed E-state index contributed by atoms with van der Waals surface area (Å²) in [6.07, 6.45) is 0.245. The van der Waals surface area contributed by atoms with Gasteiger partial charge in [-0.15, -0.1) is 0 Å². The Morgan fingerprint density at radius 3 is 2.06 bits per heavy atom. The number of carbonyl (C=O) groups excluding carboxylic acids is 4. The van der Waals surface area contributed by atoms with E-state index >= 15 is 0 Å². The number of rotatable bonds is 1. The highest BCUT2D eigenvalue weighted by atomic mass is 16.2. The van der Waals surface area contributed by atoms with Crippen LogP contribution in [0, 0.1) is 0 Å². The SMILES string of the molecule is C=C1C(=C)C(=O)N(C2CCC(=O)NC2=O)C1=O. The summed E-state index contributed by atoms with van der Waals surface area (Å²) in [7, 11) is 0. The average Bonchev–Trinajstić information content (AvgIpc) is 2.45. The first-order valence-corrected chi connectivity index (χ1v) is 5.03. The molecule has 17 heavy (non-hydrogen) atoms. The molecular weight excluding hydrogens is 224 g/mol. The van der Waals surface area contributed by atoms with Gasteiger partial charge in [0, 0.05) is 17.6 Å². The Bertz CT molecular complexity index is 466. The van der Waals surface area contributed by atoms with Gasteiger partial charge >= 0.3 is 0 Å². The lowest BCUT2D eigenvalue weighted by atomic mass is 10.0. The molecule has 0 aliphatic carbocycles. The zero-order valence-electron chi connectivity index (χ0n) is 8.99. The van der Waals surface area contributed by atoms with Gasteiger partial charge in [-0.05, 0) is 6.42 Å². The summed E-state index contributed by atoms with van der Waals surface area (Å²) in [5.74, 6) is -2.27. The Kier molecular flexibility index (Phi) is 2.42. The molecule has 0 saturated carbocycles. The van der Waals surface area contributed by atoms with E-state index in [0.29, 0.717) is 0 Å². The van der Waals surface area contributed by atoms with Crippen molar-refractivity contribution in [1.29, 1.82) is 0 Å². The first kappa shape index (κ1) is 11.3. The number of carbonyl (C=O) groups is 4. The molecule has 0 aromatic carbocycles. The highest BCUT2D eigenvalue weighted by molar-refractivity contribution is 6.25. The molecule has 0 spiro atoms. The molecule has 2 rings (SSSR count). The van der Waals surface area contributed by atoms with E-state index in [1.807, 2.05) is 0 Å². The van der Waals surface area contributed by atoms with Crippen LogP contribution in [0.4, 0.5) is 0 Å². The van der Waals surface area contributed by atoms with Crippen molar-refractivity contribution in [2.45, 2.75) is 18.9 Å². The molecule has 2 fully saturated rings. The zero-order valence-corrected chi connectivity index (χ0v) is 8.99. The Balaban J connectivity index is 2.29. The van der Waals surface area contributed by atoms with Crippen LogP contribution in [0.1, 0.15) is 12.8 Å². The topological polar surface area (TPSA) is 83.6 Å². The molecule has 4 amide bonds. The fourth-order valence-corrected chi connectivity index (χ4v) is 1.85. The van der Waals surface area contributed by atoms with Gasteiger partial charge in [0.1, 0.15) is 6.04 Å². The zero-order chi connectivity index (χ0) is 12.7. The van der Waals surface area contributed by atoms with Gasteiger partial charge < -0.3 is 0 Å². The van der Waals surface area contributed by atoms with Gasteiger partial charge in [0.15, 0.2) is 0 Å².